The van der Waals surface area contributed by atoms with Crippen molar-refractivity contribution in [2.45, 2.75) is 39.7 Å². The minimum absolute atomic E-state index is 0.00850. The number of esters is 1. The normalized spacial score (nSPS) is 14.2. The molecule has 0 spiro atoms. The summed E-state index contributed by atoms with van der Waals surface area (Å²) < 4.78 is 15.2. The summed E-state index contributed by atoms with van der Waals surface area (Å²) in [5.41, 5.74) is -0.0825. The summed E-state index contributed by atoms with van der Waals surface area (Å²) in [6.07, 6.45) is -0.611. The lowest BCUT2D eigenvalue weighted by molar-refractivity contribution is -0.177. The number of methoxy groups -OCH3 is 1. The number of carbonyl (C=O) groups is 4. The van der Waals surface area contributed by atoms with E-state index in [4.69, 9.17) is 14.2 Å². The molecule has 0 aliphatic carbocycles. The molecule has 1 heterocycles. The Morgan fingerprint density at radius 2 is 1.68 bits per heavy atom. The van der Waals surface area contributed by atoms with Gasteiger partial charge in [0.25, 0.3) is 11.8 Å². The molecule has 1 aromatic carbocycles. The molecule has 1 aliphatic rings. The first-order chi connectivity index (χ1) is 13.2. The molecule has 9 heteroatoms. The first kappa shape index (κ1) is 21.4. The van der Waals surface area contributed by atoms with Gasteiger partial charge in [0, 0.05) is 26.6 Å². The minimum atomic E-state index is -1.15. The molecule has 9 nitrogen and oxygen atoms in total. The number of ether oxygens (including phenoxy) is 3. The van der Waals surface area contributed by atoms with Gasteiger partial charge in [-0.2, -0.15) is 0 Å². The largest absolute Gasteiger partial charge is 0.534 e. The van der Waals surface area contributed by atoms with E-state index in [2.05, 4.69) is 4.84 Å². The maximum atomic E-state index is 12.2. The van der Waals surface area contributed by atoms with Gasteiger partial charge in [-0.3, -0.25) is 19.2 Å². The number of amides is 2. The van der Waals surface area contributed by atoms with Crippen molar-refractivity contribution in [2.24, 2.45) is 5.41 Å². The number of nitrogens with zero attached hydrogens (tertiary/aromatic N) is 1. The highest BCUT2D eigenvalue weighted by molar-refractivity contribution is 6.01. The number of benzene rings is 1. The molecule has 0 unspecified atom stereocenters. The summed E-state index contributed by atoms with van der Waals surface area (Å²) >= 11 is 0. The van der Waals surface area contributed by atoms with E-state index in [-0.39, 0.29) is 25.4 Å². The van der Waals surface area contributed by atoms with Crippen molar-refractivity contribution in [3.8, 4) is 5.75 Å². The molecule has 0 atom stereocenters. The highest BCUT2D eigenvalue weighted by atomic mass is 16.8. The molecule has 0 N–H and O–H groups in total. The summed E-state index contributed by atoms with van der Waals surface area (Å²) in [4.78, 5) is 51.2. The zero-order valence-electron chi connectivity index (χ0n) is 16.1. The molecule has 0 aromatic heterocycles. The number of hydroxylamine groups is 2. The molecule has 0 radical (unpaired) electrons. The average Bonchev–Trinajstić information content (AvgIpc) is 2.97. The maximum absolute atomic E-state index is 12.2. The van der Waals surface area contributed by atoms with Crippen molar-refractivity contribution in [2.75, 3.05) is 13.7 Å². The van der Waals surface area contributed by atoms with E-state index < -0.39 is 23.4 Å². The van der Waals surface area contributed by atoms with Crippen LogP contribution < -0.4 is 4.74 Å². The standard InChI is InChI=1S/C19H23NO8/c1-19(2,10-11-25-3)17(23)27-14-6-4-13(5-7-14)12-26-18(24)28-20-15(21)8-9-16(20)22/h4-7H,8-12H2,1-3H3. The van der Waals surface area contributed by atoms with Gasteiger partial charge in [-0.25, -0.2) is 4.79 Å². The molecule has 152 valence electrons. The maximum Gasteiger partial charge on any atom is 0.534 e. The van der Waals surface area contributed by atoms with Crippen molar-refractivity contribution in [1.29, 1.82) is 0 Å². The lowest BCUT2D eigenvalue weighted by atomic mass is 9.90. The predicted octanol–water partition coefficient (Wildman–Crippen LogP) is 2.37. The summed E-state index contributed by atoms with van der Waals surface area (Å²) in [6, 6.07) is 6.37. The van der Waals surface area contributed by atoms with Crippen LogP contribution in [0.2, 0.25) is 0 Å². The monoisotopic (exact) mass is 393 g/mol. The van der Waals surface area contributed by atoms with E-state index in [0.29, 0.717) is 29.4 Å². The van der Waals surface area contributed by atoms with Gasteiger partial charge in [-0.1, -0.05) is 17.2 Å². The average molecular weight is 393 g/mol. The molecule has 2 rings (SSSR count). The van der Waals surface area contributed by atoms with E-state index in [1.165, 1.54) is 0 Å². The lowest BCUT2D eigenvalue weighted by Crippen LogP contribution is -2.32. The van der Waals surface area contributed by atoms with Crippen molar-refractivity contribution in [3.05, 3.63) is 29.8 Å². The zero-order chi connectivity index (χ0) is 20.7. The minimum Gasteiger partial charge on any atom is -0.428 e. The zero-order valence-corrected chi connectivity index (χ0v) is 16.1. The van der Waals surface area contributed by atoms with Crippen LogP contribution in [0.3, 0.4) is 0 Å². The van der Waals surface area contributed by atoms with Crippen molar-refractivity contribution in [3.63, 3.8) is 0 Å². The molecule has 0 bridgehead atoms. The molecular weight excluding hydrogens is 370 g/mol. The fourth-order valence-electron chi connectivity index (χ4n) is 2.26. The van der Waals surface area contributed by atoms with Crippen molar-refractivity contribution in [1.82, 2.24) is 5.06 Å². The SMILES string of the molecule is COCCC(C)(C)C(=O)Oc1ccc(COC(=O)ON2C(=O)CCC2=O)cc1. The Morgan fingerprint density at radius 1 is 1.07 bits per heavy atom. The van der Waals surface area contributed by atoms with Gasteiger partial charge in [0.15, 0.2) is 0 Å². The highest BCUT2D eigenvalue weighted by Gasteiger charge is 2.33. The molecule has 28 heavy (non-hydrogen) atoms. The van der Waals surface area contributed by atoms with Gasteiger partial charge < -0.3 is 14.2 Å². The molecule has 2 amide bonds. The Hall–Kier alpha value is -2.94. The van der Waals surface area contributed by atoms with Crippen LogP contribution in [-0.2, 0) is 35.3 Å². The Morgan fingerprint density at radius 3 is 2.25 bits per heavy atom. The van der Waals surface area contributed by atoms with Crippen LogP contribution >= 0.6 is 0 Å². The number of hydrogen-bond donors (Lipinski definition) is 0. The van der Waals surface area contributed by atoms with Gasteiger partial charge in [0.2, 0.25) is 0 Å². The third kappa shape index (κ3) is 5.78. The second kappa shape index (κ2) is 9.32. The van der Waals surface area contributed by atoms with E-state index in [0.717, 1.165) is 0 Å². The quantitative estimate of drug-likeness (QED) is 0.376. The van der Waals surface area contributed by atoms with Crippen LogP contribution in [0, 0.1) is 5.41 Å². The number of rotatable bonds is 8. The van der Waals surface area contributed by atoms with Gasteiger partial charge in [0.1, 0.15) is 12.4 Å². The van der Waals surface area contributed by atoms with E-state index in [9.17, 15) is 19.2 Å². The molecule has 0 saturated carbocycles. The van der Waals surface area contributed by atoms with E-state index in [1.54, 1.807) is 45.2 Å². The third-order valence-electron chi connectivity index (χ3n) is 4.15. The second-order valence-electron chi connectivity index (χ2n) is 6.87. The second-order valence-corrected chi connectivity index (χ2v) is 6.87. The van der Waals surface area contributed by atoms with Crippen LogP contribution in [0.5, 0.6) is 5.75 Å². The van der Waals surface area contributed by atoms with Crippen LogP contribution in [0.4, 0.5) is 4.79 Å². The first-order valence-electron chi connectivity index (χ1n) is 8.73. The first-order valence-corrected chi connectivity index (χ1v) is 8.73. The third-order valence-corrected chi connectivity index (χ3v) is 4.15. The van der Waals surface area contributed by atoms with Gasteiger partial charge in [-0.05, 0) is 38.0 Å². The van der Waals surface area contributed by atoms with E-state index in [1.807, 2.05) is 0 Å². The van der Waals surface area contributed by atoms with Crippen LogP contribution in [0.15, 0.2) is 24.3 Å². The molecule has 1 aromatic rings. The van der Waals surface area contributed by atoms with Gasteiger partial charge in [0.05, 0.1) is 5.41 Å². The van der Waals surface area contributed by atoms with Gasteiger partial charge in [-0.15, -0.1) is 0 Å². The fraction of sp³-hybridized carbons (Fsp3) is 0.474. The summed E-state index contributed by atoms with van der Waals surface area (Å²) in [6.45, 7) is 3.86. The topological polar surface area (TPSA) is 108 Å². The summed E-state index contributed by atoms with van der Waals surface area (Å²) in [7, 11) is 1.57. The Labute approximate surface area is 162 Å². The van der Waals surface area contributed by atoms with Crippen LogP contribution in [0.1, 0.15) is 38.7 Å². The predicted molar refractivity (Wildman–Crippen MR) is 94.7 cm³/mol. The summed E-state index contributed by atoms with van der Waals surface area (Å²) in [5.74, 6) is -1.18. The fourth-order valence-corrected chi connectivity index (χ4v) is 2.26. The number of hydrogen-bond acceptors (Lipinski definition) is 8. The van der Waals surface area contributed by atoms with Gasteiger partial charge >= 0.3 is 12.1 Å². The van der Waals surface area contributed by atoms with Crippen LogP contribution in [-0.4, -0.2) is 42.7 Å². The Kier molecular flexibility index (Phi) is 7.11. The molecule has 1 saturated heterocycles. The molecule has 1 aliphatic heterocycles. The molecular formula is C19H23NO8. The highest BCUT2D eigenvalue weighted by Crippen LogP contribution is 2.24. The Balaban J connectivity index is 1.82. The summed E-state index contributed by atoms with van der Waals surface area (Å²) in [5, 5.41) is 0.413. The molecule has 1 fully saturated rings. The van der Waals surface area contributed by atoms with Crippen LogP contribution in [0.25, 0.3) is 0 Å². The van der Waals surface area contributed by atoms with Crippen molar-refractivity contribution < 1.29 is 38.2 Å². The number of carbonyl (C=O) groups excluding carboxylic acids is 4. The Bertz CT molecular complexity index is 725. The smallest absolute Gasteiger partial charge is 0.428 e. The number of imide groups is 1. The lowest BCUT2D eigenvalue weighted by Gasteiger charge is -2.21. The van der Waals surface area contributed by atoms with E-state index >= 15 is 0 Å². The van der Waals surface area contributed by atoms with Crippen molar-refractivity contribution >= 4 is 23.9 Å².